The van der Waals surface area contributed by atoms with E-state index in [0.717, 1.165) is 12.1 Å². The second-order valence-corrected chi connectivity index (χ2v) is 6.17. The summed E-state index contributed by atoms with van der Waals surface area (Å²) < 4.78 is 40.5. The fourth-order valence-corrected chi connectivity index (χ4v) is 3.08. The fraction of sp³-hybridized carbons (Fsp3) is 0.0833. The monoisotopic (exact) mass is 315 g/mol. The molecule has 2 rings (SSSR count). The predicted octanol–water partition coefficient (Wildman–Crippen LogP) is 2.57. The van der Waals surface area contributed by atoms with Crippen LogP contribution in [0.5, 0.6) is 0 Å². The second-order valence-electron chi connectivity index (χ2n) is 4.11. The number of benzene rings is 1. The van der Waals surface area contributed by atoms with Crippen LogP contribution in [0.4, 0.5) is 15.8 Å². The van der Waals surface area contributed by atoms with E-state index in [9.17, 15) is 12.8 Å². The molecule has 0 saturated carbocycles. The van der Waals surface area contributed by atoms with E-state index in [4.69, 9.17) is 17.3 Å². The van der Waals surface area contributed by atoms with Crippen molar-refractivity contribution < 1.29 is 12.8 Å². The number of rotatable bonds is 3. The Morgan fingerprint density at radius 1 is 1.40 bits per heavy atom. The van der Waals surface area contributed by atoms with Gasteiger partial charge in [-0.15, -0.1) is 0 Å². The largest absolute Gasteiger partial charge is 0.399 e. The SMILES string of the molecule is Cc1ccncc1NS(=O)(=O)c1cc(N)cc(Cl)c1F. The van der Waals surface area contributed by atoms with Crippen LogP contribution in [0.15, 0.2) is 35.5 Å². The van der Waals surface area contributed by atoms with Crippen molar-refractivity contribution in [3.8, 4) is 0 Å². The Balaban J connectivity index is 2.49. The molecular weight excluding hydrogens is 305 g/mol. The third kappa shape index (κ3) is 2.83. The maximum Gasteiger partial charge on any atom is 0.265 e. The molecule has 1 aromatic carbocycles. The number of aryl methyl sites for hydroxylation is 1. The summed E-state index contributed by atoms with van der Waals surface area (Å²) >= 11 is 5.60. The molecule has 106 valence electrons. The van der Waals surface area contributed by atoms with E-state index in [1.54, 1.807) is 13.0 Å². The molecule has 0 bridgehead atoms. The van der Waals surface area contributed by atoms with Crippen molar-refractivity contribution in [3.05, 3.63) is 47.0 Å². The van der Waals surface area contributed by atoms with Crippen molar-refractivity contribution in [3.63, 3.8) is 0 Å². The molecule has 0 atom stereocenters. The van der Waals surface area contributed by atoms with Crippen LogP contribution in [0.3, 0.4) is 0 Å². The fourth-order valence-electron chi connectivity index (χ4n) is 1.55. The van der Waals surface area contributed by atoms with Gasteiger partial charge in [0.2, 0.25) is 0 Å². The summed E-state index contributed by atoms with van der Waals surface area (Å²) in [7, 11) is -4.14. The number of hydrogen-bond donors (Lipinski definition) is 2. The highest BCUT2D eigenvalue weighted by Crippen LogP contribution is 2.27. The Bertz CT molecular complexity index is 765. The number of nitrogen functional groups attached to an aromatic ring is 1. The summed E-state index contributed by atoms with van der Waals surface area (Å²) in [6, 6.07) is 3.78. The lowest BCUT2D eigenvalue weighted by molar-refractivity contribution is 0.571. The lowest BCUT2D eigenvalue weighted by Crippen LogP contribution is -2.16. The number of aromatic nitrogens is 1. The zero-order valence-electron chi connectivity index (χ0n) is 10.4. The molecule has 20 heavy (non-hydrogen) atoms. The smallest absolute Gasteiger partial charge is 0.265 e. The van der Waals surface area contributed by atoms with E-state index in [2.05, 4.69) is 9.71 Å². The van der Waals surface area contributed by atoms with Crippen LogP contribution in [-0.2, 0) is 10.0 Å². The number of pyridine rings is 1. The van der Waals surface area contributed by atoms with Crippen LogP contribution < -0.4 is 10.5 Å². The minimum atomic E-state index is -4.14. The third-order valence-electron chi connectivity index (χ3n) is 2.59. The van der Waals surface area contributed by atoms with E-state index >= 15 is 0 Å². The summed E-state index contributed by atoms with van der Waals surface area (Å²) in [5.41, 5.74) is 6.45. The van der Waals surface area contributed by atoms with Crippen LogP contribution in [0.1, 0.15) is 5.56 Å². The molecule has 8 heteroatoms. The normalized spacial score (nSPS) is 11.3. The van der Waals surface area contributed by atoms with Gasteiger partial charge in [-0.2, -0.15) is 0 Å². The van der Waals surface area contributed by atoms with E-state index in [1.165, 1.54) is 12.4 Å². The molecule has 3 N–H and O–H groups in total. The van der Waals surface area contributed by atoms with Crippen molar-refractivity contribution in [2.45, 2.75) is 11.8 Å². The molecule has 5 nitrogen and oxygen atoms in total. The molecule has 0 fully saturated rings. The first kappa shape index (κ1) is 14.5. The van der Waals surface area contributed by atoms with Crippen molar-refractivity contribution in [2.24, 2.45) is 0 Å². The summed E-state index contributed by atoms with van der Waals surface area (Å²) in [6.45, 7) is 1.70. The Morgan fingerprint density at radius 3 is 2.75 bits per heavy atom. The highest BCUT2D eigenvalue weighted by molar-refractivity contribution is 7.92. The van der Waals surface area contributed by atoms with Gasteiger partial charge in [0.1, 0.15) is 4.90 Å². The molecule has 0 aliphatic carbocycles. The molecule has 0 saturated heterocycles. The van der Waals surface area contributed by atoms with Gasteiger partial charge in [-0.05, 0) is 30.7 Å². The number of anilines is 2. The topological polar surface area (TPSA) is 85.1 Å². The van der Waals surface area contributed by atoms with Gasteiger partial charge < -0.3 is 5.73 Å². The zero-order valence-corrected chi connectivity index (χ0v) is 12.0. The lowest BCUT2D eigenvalue weighted by Gasteiger charge is -2.11. The van der Waals surface area contributed by atoms with Gasteiger partial charge in [0.25, 0.3) is 10.0 Å². The van der Waals surface area contributed by atoms with Crippen LogP contribution in [0.2, 0.25) is 5.02 Å². The Labute approximate surface area is 120 Å². The molecule has 0 aliphatic rings. The molecule has 0 unspecified atom stereocenters. The first-order valence-corrected chi connectivity index (χ1v) is 7.35. The van der Waals surface area contributed by atoms with Gasteiger partial charge in [-0.25, -0.2) is 12.8 Å². The van der Waals surface area contributed by atoms with Gasteiger partial charge in [0, 0.05) is 11.9 Å². The third-order valence-corrected chi connectivity index (χ3v) is 4.23. The first-order chi connectivity index (χ1) is 9.31. The minimum absolute atomic E-state index is 0.0553. The first-order valence-electron chi connectivity index (χ1n) is 5.49. The Kier molecular flexibility index (Phi) is 3.82. The van der Waals surface area contributed by atoms with Crippen LogP contribution >= 0.6 is 11.6 Å². The average molecular weight is 316 g/mol. The number of nitrogens with two attached hydrogens (primary N) is 1. The van der Waals surface area contributed by atoms with Gasteiger partial charge in [0.15, 0.2) is 5.82 Å². The molecule has 0 aliphatic heterocycles. The van der Waals surface area contributed by atoms with E-state index < -0.39 is 20.7 Å². The maximum absolute atomic E-state index is 13.9. The summed E-state index contributed by atoms with van der Waals surface area (Å²) in [5.74, 6) is -1.05. The predicted molar refractivity (Wildman–Crippen MR) is 75.6 cm³/mol. The second kappa shape index (κ2) is 5.26. The van der Waals surface area contributed by atoms with Gasteiger partial charge >= 0.3 is 0 Å². The summed E-state index contributed by atoms with van der Waals surface area (Å²) in [4.78, 5) is 3.20. The lowest BCUT2D eigenvalue weighted by atomic mass is 10.3. The van der Waals surface area contributed by atoms with Crippen LogP contribution in [-0.4, -0.2) is 13.4 Å². The molecular formula is C12H11ClFN3O2S. The maximum atomic E-state index is 13.9. The quantitative estimate of drug-likeness (QED) is 0.852. The molecule has 1 aromatic heterocycles. The number of hydrogen-bond acceptors (Lipinski definition) is 4. The van der Waals surface area contributed by atoms with Gasteiger partial charge in [0.05, 0.1) is 16.9 Å². The summed E-state index contributed by atoms with van der Waals surface area (Å²) in [5, 5.41) is -0.353. The highest BCUT2D eigenvalue weighted by atomic mass is 35.5. The Hall–Kier alpha value is -1.86. The van der Waals surface area contributed by atoms with E-state index in [0.29, 0.717) is 5.56 Å². The minimum Gasteiger partial charge on any atom is -0.399 e. The highest BCUT2D eigenvalue weighted by Gasteiger charge is 2.22. The average Bonchev–Trinajstić information content (AvgIpc) is 2.36. The van der Waals surface area contributed by atoms with Crippen molar-refractivity contribution in [1.82, 2.24) is 4.98 Å². The molecule has 0 spiro atoms. The molecule has 1 heterocycles. The van der Waals surface area contributed by atoms with Crippen molar-refractivity contribution in [1.29, 1.82) is 0 Å². The number of nitrogens with one attached hydrogen (secondary N) is 1. The van der Waals surface area contributed by atoms with Crippen LogP contribution in [0, 0.1) is 12.7 Å². The van der Waals surface area contributed by atoms with Crippen molar-refractivity contribution >= 4 is 33.0 Å². The standard InChI is InChI=1S/C12H11ClFN3O2S/c1-7-2-3-16-6-10(7)17-20(18,19)11-5-8(15)4-9(13)12(11)14/h2-6,17H,15H2,1H3. The van der Waals surface area contributed by atoms with Gasteiger partial charge in [-0.1, -0.05) is 11.6 Å². The molecule has 0 amide bonds. The van der Waals surface area contributed by atoms with Crippen LogP contribution in [0.25, 0.3) is 0 Å². The zero-order chi connectivity index (χ0) is 14.9. The molecule has 2 aromatic rings. The number of sulfonamides is 1. The van der Waals surface area contributed by atoms with E-state index in [1.807, 2.05) is 0 Å². The number of halogens is 2. The Morgan fingerprint density at radius 2 is 2.10 bits per heavy atom. The van der Waals surface area contributed by atoms with Gasteiger partial charge in [-0.3, -0.25) is 9.71 Å². The number of nitrogens with zero attached hydrogens (tertiary/aromatic N) is 1. The summed E-state index contributed by atoms with van der Waals surface area (Å²) in [6.07, 6.45) is 2.85. The van der Waals surface area contributed by atoms with Crippen molar-refractivity contribution in [2.75, 3.05) is 10.5 Å². The van der Waals surface area contributed by atoms with E-state index in [-0.39, 0.29) is 16.4 Å². The molecule has 0 radical (unpaired) electrons.